The number of amides is 2. The summed E-state index contributed by atoms with van der Waals surface area (Å²) >= 11 is 1.55. The highest BCUT2D eigenvalue weighted by Gasteiger charge is 2.22. The topological polar surface area (TPSA) is 95.5 Å². The highest BCUT2D eigenvalue weighted by atomic mass is 32.2. The Morgan fingerprint density at radius 3 is 2.29 bits per heavy atom. The fourth-order valence-corrected chi connectivity index (χ4v) is 1.60. The van der Waals surface area contributed by atoms with Crippen molar-refractivity contribution in [2.75, 3.05) is 12.0 Å². The van der Waals surface area contributed by atoms with Gasteiger partial charge >= 0.3 is 5.97 Å². The second kappa shape index (κ2) is 7.94. The molecular weight excluding hydrogens is 244 g/mol. The molecule has 0 rings (SSSR count). The van der Waals surface area contributed by atoms with E-state index in [9.17, 15) is 14.4 Å². The van der Waals surface area contributed by atoms with Crippen molar-refractivity contribution < 1.29 is 19.5 Å². The first-order valence-corrected chi connectivity index (χ1v) is 6.57. The molecule has 0 aliphatic rings. The molecule has 0 fully saturated rings. The van der Waals surface area contributed by atoms with E-state index in [0.29, 0.717) is 12.2 Å². The van der Waals surface area contributed by atoms with Crippen LogP contribution in [-0.2, 0) is 14.4 Å². The van der Waals surface area contributed by atoms with Crippen LogP contribution in [0.3, 0.4) is 0 Å². The van der Waals surface area contributed by atoms with Crippen molar-refractivity contribution >= 4 is 29.5 Å². The van der Waals surface area contributed by atoms with Crippen molar-refractivity contribution in [3.63, 3.8) is 0 Å². The standard InChI is InChI=1S/C10H18N2O4S/c1-6(10(15)16)11-9(14)8(4-5-17-3)12-7(2)13/h6,8H,4-5H2,1-3H3,(H,11,14)(H,12,13)(H,15,16)/t6-,8-/m0/s1. The van der Waals surface area contributed by atoms with E-state index in [1.54, 1.807) is 11.8 Å². The van der Waals surface area contributed by atoms with Crippen molar-refractivity contribution in [2.24, 2.45) is 0 Å². The Labute approximate surface area is 105 Å². The third-order valence-electron chi connectivity index (χ3n) is 2.03. The van der Waals surface area contributed by atoms with Gasteiger partial charge in [0.05, 0.1) is 0 Å². The number of carbonyl (C=O) groups is 3. The molecule has 2 amide bonds. The lowest BCUT2D eigenvalue weighted by atomic mass is 10.2. The quantitative estimate of drug-likeness (QED) is 0.592. The van der Waals surface area contributed by atoms with Gasteiger partial charge in [-0.05, 0) is 25.4 Å². The van der Waals surface area contributed by atoms with Crippen molar-refractivity contribution in [3.8, 4) is 0 Å². The van der Waals surface area contributed by atoms with Crippen LogP contribution in [0.5, 0.6) is 0 Å². The summed E-state index contributed by atoms with van der Waals surface area (Å²) in [6.45, 7) is 2.69. The van der Waals surface area contributed by atoms with E-state index in [-0.39, 0.29) is 5.91 Å². The Morgan fingerprint density at radius 2 is 1.88 bits per heavy atom. The van der Waals surface area contributed by atoms with E-state index < -0.39 is 24.0 Å². The number of rotatable bonds is 7. The van der Waals surface area contributed by atoms with Gasteiger partial charge in [0, 0.05) is 6.92 Å². The largest absolute Gasteiger partial charge is 0.480 e. The molecule has 0 unspecified atom stereocenters. The normalized spacial score (nSPS) is 13.6. The van der Waals surface area contributed by atoms with Crippen molar-refractivity contribution in [2.45, 2.75) is 32.4 Å². The van der Waals surface area contributed by atoms with Crippen molar-refractivity contribution in [1.82, 2.24) is 10.6 Å². The molecule has 2 atom stereocenters. The number of aliphatic carboxylic acids is 1. The monoisotopic (exact) mass is 262 g/mol. The number of hydrogen-bond donors (Lipinski definition) is 3. The molecule has 0 spiro atoms. The first-order chi connectivity index (χ1) is 7.88. The molecule has 0 aromatic heterocycles. The van der Waals surface area contributed by atoms with Crippen LogP contribution in [0.15, 0.2) is 0 Å². The van der Waals surface area contributed by atoms with Gasteiger partial charge in [-0.15, -0.1) is 0 Å². The Bertz CT molecular complexity index is 296. The SMILES string of the molecule is CSCC[C@H](NC(C)=O)C(=O)N[C@@H](C)C(=O)O. The molecule has 0 saturated heterocycles. The van der Waals surface area contributed by atoms with Crippen LogP contribution in [0, 0.1) is 0 Å². The highest BCUT2D eigenvalue weighted by Crippen LogP contribution is 2.01. The van der Waals surface area contributed by atoms with E-state index in [1.807, 2.05) is 6.26 Å². The highest BCUT2D eigenvalue weighted by molar-refractivity contribution is 7.98. The van der Waals surface area contributed by atoms with Gasteiger partial charge in [0.25, 0.3) is 0 Å². The number of carboxylic acids is 1. The van der Waals surface area contributed by atoms with Crippen molar-refractivity contribution in [3.05, 3.63) is 0 Å². The maximum atomic E-state index is 11.7. The Hall–Kier alpha value is -1.24. The van der Waals surface area contributed by atoms with E-state index >= 15 is 0 Å². The van der Waals surface area contributed by atoms with Crippen LogP contribution in [0.2, 0.25) is 0 Å². The van der Waals surface area contributed by atoms with Crippen LogP contribution in [-0.4, -0.2) is 47.0 Å². The van der Waals surface area contributed by atoms with Gasteiger partial charge in [0.2, 0.25) is 11.8 Å². The van der Waals surface area contributed by atoms with Crippen LogP contribution >= 0.6 is 11.8 Å². The summed E-state index contributed by atoms with van der Waals surface area (Å²) in [5.74, 6) is -1.18. The number of carboxylic acid groups (broad SMARTS) is 1. The fraction of sp³-hybridized carbons (Fsp3) is 0.700. The predicted molar refractivity (Wildman–Crippen MR) is 65.8 cm³/mol. The third-order valence-corrected chi connectivity index (χ3v) is 2.68. The molecule has 0 radical (unpaired) electrons. The minimum absolute atomic E-state index is 0.311. The van der Waals surface area contributed by atoms with E-state index in [1.165, 1.54) is 13.8 Å². The van der Waals surface area contributed by atoms with E-state index in [0.717, 1.165) is 0 Å². The van der Waals surface area contributed by atoms with Crippen LogP contribution < -0.4 is 10.6 Å². The lowest BCUT2D eigenvalue weighted by Crippen LogP contribution is -2.50. The molecule has 0 aromatic carbocycles. The lowest BCUT2D eigenvalue weighted by Gasteiger charge is -2.18. The third kappa shape index (κ3) is 6.83. The van der Waals surface area contributed by atoms with Crippen LogP contribution in [0.25, 0.3) is 0 Å². The van der Waals surface area contributed by atoms with Gasteiger partial charge in [-0.1, -0.05) is 0 Å². The average molecular weight is 262 g/mol. The molecule has 0 saturated carbocycles. The van der Waals surface area contributed by atoms with Gasteiger partial charge in [0.1, 0.15) is 12.1 Å². The summed E-state index contributed by atoms with van der Waals surface area (Å²) in [5.41, 5.74) is 0. The first-order valence-electron chi connectivity index (χ1n) is 5.17. The number of carbonyl (C=O) groups excluding carboxylic acids is 2. The zero-order chi connectivity index (χ0) is 13.4. The Kier molecular flexibility index (Phi) is 7.36. The summed E-state index contributed by atoms with van der Waals surface area (Å²) in [6, 6.07) is -1.64. The smallest absolute Gasteiger partial charge is 0.325 e. The molecule has 0 heterocycles. The summed E-state index contributed by atoms with van der Waals surface area (Å²) in [5, 5.41) is 13.5. The zero-order valence-electron chi connectivity index (χ0n) is 10.1. The van der Waals surface area contributed by atoms with Gasteiger partial charge in [0.15, 0.2) is 0 Å². The average Bonchev–Trinajstić information content (AvgIpc) is 2.23. The van der Waals surface area contributed by atoms with Crippen molar-refractivity contribution in [1.29, 1.82) is 0 Å². The molecular formula is C10H18N2O4S. The maximum absolute atomic E-state index is 11.7. The molecule has 17 heavy (non-hydrogen) atoms. The minimum atomic E-state index is -1.11. The second-order valence-corrected chi connectivity index (χ2v) is 4.59. The summed E-state index contributed by atoms with van der Waals surface area (Å²) < 4.78 is 0. The van der Waals surface area contributed by atoms with Gasteiger partial charge in [-0.25, -0.2) is 0 Å². The molecule has 98 valence electrons. The first kappa shape index (κ1) is 15.8. The number of nitrogens with one attached hydrogen (secondary N) is 2. The Balaban J connectivity index is 4.40. The zero-order valence-corrected chi connectivity index (χ0v) is 11.0. The van der Waals surface area contributed by atoms with E-state index in [4.69, 9.17) is 5.11 Å². The predicted octanol–water partition coefficient (Wildman–Crippen LogP) is -0.166. The summed E-state index contributed by atoms with van der Waals surface area (Å²) in [7, 11) is 0. The van der Waals surface area contributed by atoms with Gasteiger partial charge in [-0.2, -0.15) is 11.8 Å². The number of hydrogen-bond acceptors (Lipinski definition) is 4. The van der Waals surface area contributed by atoms with Gasteiger partial charge in [-0.3, -0.25) is 14.4 Å². The summed E-state index contributed by atoms with van der Waals surface area (Å²) in [4.78, 5) is 33.2. The van der Waals surface area contributed by atoms with Crippen LogP contribution in [0.1, 0.15) is 20.3 Å². The fourth-order valence-electron chi connectivity index (χ4n) is 1.13. The minimum Gasteiger partial charge on any atom is -0.480 e. The summed E-state index contributed by atoms with van der Waals surface area (Å²) in [6.07, 6.45) is 2.36. The maximum Gasteiger partial charge on any atom is 0.325 e. The number of thioether (sulfide) groups is 1. The van der Waals surface area contributed by atoms with Crippen LogP contribution in [0.4, 0.5) is 0 Å². The van der Waals surface area contributed by atoms with Gasteiger partial charge < -0.3 is 15.7 Å². The molecule has 0 aliphatic heterocycles. The second-order valence-electron chi connectivity index (χ2n) is 3.60. The van der Waals surface area contributed by atoms with E-state index in [2.05, 4.69) is 10.6 Å². The molecule has 0 aromatic rings. The lowest BCUT2D eigenvalue weighted by molar-refractivity contribution is -0.141. The molecule has 7 heteroatoms. The molecule has 3 N–H and O–H groups in total. The molecule has 0 aliphatic carbocycles. The Morgan fingerprint density at radius 1 is 1.29 bits per heavy atom. The molecule has 6 nitrogen and oxygen atoms in total. The molecule has 0 bridgehead atoms.